The first-order valence-electron chi connectivity index (χ1n) is 7.19. The molecule has 0 fully saturated rings. The Labute approximate surface area is 135 Å². The molecule has 1 atom stereocenters. The molecule has 2 aromatic rings. The van der Waals surface area contributed by atoms with Crippen LogP contribution in [0.5, 0.6) is 5.75 Å². The zero-order valence-corrected chi connectivity index (χ0v) is 14.4. The fraction of sp³-hybridized carbons (Fsp3) is 0.333. The number of ether oxygens (including phenoxy) is 1. The van der Waals surface area contributed by atoms with E-state index in [1.165, 1.54) is 5.56 Å². The minimum atomic E-state index is 0.177. The van der Waals surface area contributed by atoms with E-state index in [1.54, 1.807) is 0 Å². The molecular weight excluding hydrogens is 326 g/mol. The quantitative estimate of drug-likeness (QED) is 0.861. The van der Waals surface area contributed by atoms with Crippen molar-refractivity contribution < 1.29 is 4.74 Å². The third-order valence-electron chi connectivity index (χ3n) is 3.41. The van der Waals surface area contributed by atoms with E-state index in [9.17, 15) is 0 Å². The van der Waals surface area contributed by atoms with Crippen LogP contribution in [0.25, 0.3) is 0 Å². The highest BCUT2D eigenvalue weighted by Crippen LogP contribution is 2.27. The molecule has 0 aliphatic rings. The number of nitrogens with two attached hydrogens (primary N) is 1. The first-order chi connectivity index (χ1) is 9.97. The molecule has 0 amide bonds. The normalized spacial score (nSPS) is 12.2. The zero-order valence-electron chi connectivity index (χ0n) is 12.8. The van der Waals surface area contributed by atoms with E-state index in [0.29, 0.717) is 6.61 Å². The van der Waals surface area contributed by atoms with E-state index >= 15 is 0 Å². The average Bonchev–Trinajstić information content (AvgIpc) is 2.39. The Balaban J connectivity index is 2.15. The van der Waals surface area contributed by atoms with Gasteiger partial charge in [0.05, 0.1) is 0 Å². The third kappa shape index (κ3) is 4.32. The lowest BCUT2D eigenvalue weighted by Crippen LogP contribution is -2.18. The summed E-state index contributed by atoms with van der Waals surface area (Å²) < 4.78 is 7.11. The zero-order chi connectivity index (χ0) is 15.4. The van der Waals surface area contributed by atoms with Gasteiger partial charge in [-0.1, -0.05) is 46.3 Å². The molecule has 0 saturated heterocycles. The van der Waals surface area contributed by atoms with E-state index in [4.69, 9.17) is 10.5 Å². The van der Waals surface area contributed by atoms with Crippen molar-refractivity contribution in [1.82, 2.24) is 0 Å². The van der Waals surface area contributed by atoms with Crippen LogP contribution in [0.3, 0.4) is 0 Å². The van der Waals surface area contributed by atoms with Gasteiger partial charge in [0.25, 0.3) is 0 Å². The van der Waals surface area contributed by atoms with Crippen molar-refractivity contribution in [2.75, 3.05) is 0 Å². The van der Waals surface area contributed by atoms with Crippen molar-refractivity contribution >= 4 is 15.9 Å². The lowest BCUT2D eigenvalue weighted by molar-refractivity contribution is 0.301. The van der Waals surface area contributed by atoms with Gasteiger partial charge < -0.3 is 10.5 Å². The van der Waals surface area contributed by atoms with Crippen LogP contribution in [0.1, 0.15) is 29.2 Å². The Kier molecular flexibility index (Phi) is 5.43. The highest BCUT2D eigenvalue weighted by Gasteiger charge is 2.09. The molecule has 0 spiro atoms. The number of hydrogen-bond acceptors (Lipinski definition) is 2. The molecule has 3 heteroatoms. The largest absolute Gasteiger partial charge is 0.488 e. The second-order valence-corrected chi connectivity index (χ2v) is 6.47. The van der Waals surface area contributed by atoms with Gasteiger partial charge >= 0.3 is 0 Å². The smallest absolute Gasteiger partial charge is 0.125 e. The van der Waals surface area contributed by atoms with Crippen LogP contribution in [-0.2, 0) is 13.0 Å². The molecule has 21 heavy (non-hydrogen) atoms. The topological polar surface area (TPSA) is 35.2 Å². The second-order valence-electron chi connectivity index (χ2n) is 5.62. The van der Waals surface area contributed by atoms with Gasteiger partial charge in [-0.15, -0.1) is 0 Å². The molecule has 1 unspecified atom stereocenters. The maximum Gasteiger partial charge on any atom is 0.125 e. The van der Waals surface area contributed by atoms with Crippen molar-refractivity contribution in [2.24, 2.45) is 5.73 Å². The summed E-state index contributed by atoms with van der Waals surface area (Å²) in [7, 11) is 0. The molecule has 2 N–H and O–H groups in total. The summed E-state index contributed by atoms with van der Waals surface area (Å²) in [6.07, 6.45) is 0.895. The molecule has 2 aromatic carbocycles. The van der Waals surface area contributed by atoms with E-state index in [-0.39, 0.29) is 6.04 Å². The Morgan fingerprint density at radius 1 is 1.14 bits per heavy atom. The van der Waals surface area contributed by atoms with Crippen molar-refractivity contribution in [3.63, 3.8) is 0 Å². The monoisotopic (exact) mass is 347 g/mol. The van der Waals surface area contributed by atoms with Gasteiger partial charge in [-0.3, -0.25) is 0 Å². The van der Waals surface area contributed by atoms with Gasteiger partial charge in [0.15, 0.2) is 0 Å². The van der Waals surface area contributed by atoms with Crippen LogP contribution in [0.2, 0.25) is 0 Å². The van der Waals surface area contributed by atoms with Gasteiger partial charge in [-0.2, -0.15) is 0 Å². The minimum Gasteiger partial charge on any atom is -0.488 e. The number of aryl methyl sites for hydroxylation is 2. The maximum atomic E-state index is 6.03. The summed E-state index contributed by atoms with van der Waals surface area (Å²) in [5.74, 6) is 0.971. The first-order valence-corrected chi connectivity index (χ1v) is 7.98. The van der Waals surface area contributed by atoms with E-state index in [2.05, 4.69) is 48.0 Å². The lowest BCUT2D eigenvalue weighted by atomic mass is 10.0. The third-order valence-corrected chi connectivity index (χ3v) is 4.18. The SMILES string of the molecule is Cc1cc(CC(C)N)cc(C)c1OCc1ccccc1Br. The Morgan fingerprint density at radius 3 is 2.33 bits per heavy atom. The van der Waals surface area contributed by atoms with Gasteiger partial charge in [0.2, 0.25) is 0 Å². The summed E-state index contributed by atoms with van der Waals surface area (Å²) >= 11 is 3.55. The van der Waals surface area contributed by atoms with E-state index in [1.807, 2.05) is 25.1 Å². The van der Waals surface area contributed by atoms with E-state index in [0.717, 1.165) is 33.3 Å². The van der Waals surface area contributed by atoms with Crippen LogP contribution < -0.4 is 10.5 Å². The minimum absolute atomic E-state index is 0.177. The standard InChI is InChI=1S/C18H22BrNO/c1-12-8-15(10-14(3)20)9-13(2)18(12)21-11-16-6-4-5-7-17(16)19/h4-9,14H,10-11,20H2,1-3H3. The predicted molar refractivity (Wildman–Crippen MR) is 91.7 cm³/mol. The van der Waals surface area contributed by atoms with Crippen molar-refractivity contribution in [3.05, 3.63) is 63.1 Å². The van der Waals surface area contributed by atoms with Gasteiger partial charge in [0, 0.05) is 16.1 Å². The molecule has 0 aromatic heterocycles. The summed E-state index contributed by atoms with van der Waals surface area (Å²) in [4.78, 5) is 0. The molecule has 2 nitrogen and oxygen atoms in total. The van der Waals surface area contributed by atoms with Gasteiger partial charge in [-0.25, -0.2) is 0 Å². The van der Waals surface area contributed by atoms with Crippen molar-refractivity contribution in [3.8, 4) is 5.75 Å². The lowest BCUT2D eigenvalue weighted by Gasteiger charge is -2.15. The van der Waals surface area contributed by atoms with Crippen LogP contribution in [0, 0.1) is 13.8 Å². The van der Waals surface area contributed by atoms with Crippen LogP contribution in [-0.4, -0.2) is 6.04 Å². The predicted octanol–water partition coefficient (Wildman–Crippen LogP) is 4.53. The molecule has 0 heterocycles. The van der Waals surface area contributed by atoms with Crippen LogP contribution in [0.4, 0.5) is 0 Å². The molecule has 2 rings (SSSR count). The van der Waals surface area contributed by atoms with Gasteiger partial charge in [-0.05, 0) is 49.9 Å². The Bertz CT molecular complexity index is 599. The number of hydrogen-bond donors (Lipinski definition) is 1. The molecule has 0 aliphatic heterocycles. The fourth-order valence-corrected chi connectivity index (χ4v) is 2.92. The molecule has 0 aliphatic carbocycles. The average molecular weight is 348 g/mol. The molecule has 112 valence electrons. The van der Waals surface area contributed by atoms with Crippen LogP contribution in [0.15, 0.2) is 40.9 Å². The summed E-state index contributed by atoms with van der Waals surface area (Å²) in [5, 5.41) is 0. The first kappa shape index (κ1) is 16.1. The molecule has 0 saturated carbocycles. The maximum absolute atomic E-state index is 6.03. The van der Waals surface area contributed by atoms with Gasteiger partial charge in [0.1, 0.15) is 12.4 Å². The molecule has 0 radical (unpaired) electrons. The van der Waals surface area contributed by atoms with E-state index < -0.39 is 0 Å². The summed E-state index contributed by atoms with van der Waals surface area (Å²) in [6.45, 7) is 6.78. The molecular formula is C18H22BrNO. The van der Waals surface area contributed by atoms with Crippen molar-refractivity contribution in [2.45, 2.75) is 39.8 Å². The highest BCUT2D eigenvalue weighted by atomic mass is 79.9. The number of halogens is 1. The summed E-state index contributed by atoms with van der Waals surface area (Å²) in [6, 6.07) is 12.7. The fourth-order valence-electron chi connectivity index (χ4n) is 2.52. The Morgan fingerprint density at radius 2 is 1.76 bits per heavy atom. The Hall–Kier alpha value is -1.32. The molecule has 0 bridgehead atoms. The van der Waals surface area contributed by atoms with Crippen molar-refractivity contribution in [1.29, 1.82) is 0 Å². The van der Waals surface area contributed by atoms with Crippen LogP contribution >= 0.6 is 15.9 Å². The highest BCUT2D eigenvalue weighted by molar-refractivity contribution is 9.10. The summed E-state index contributed by atoms with van der Waals surface area (Å²) in [5.41, 5.74) is 10.6. The number of rotatable bonds is 5. The second kappa shape index (κ2) is 7.10. The number of benzene rings is 2.